The Labute approximate surface area is 122 Å². The molecule has 9 heteroatoms. The number of hydrogen-bond donors (Lipinski definition) is 3. The normalized spacial score (nSPS) is 10.9. The lowest BCUT2D eigenvalue weighted by Gasteiger charge is -2.13. The van der Waals surface area contributed by atoms with Crippen molar-refractivity contribution in [1.82, 2.24) is 5.32 Å². The van der Waals surface area contributed by atoms with Crippen molar-refractivity contribution in [2.45, 2.75) is 6.18 Å². The molecular weight excluding hydrogens is 313 g/mol. The lowest BCUT2D eigenvalue weighted by atomic mass is 10.1. The lowest BCUT2D eigenvalue weighted by molar-refractivity contribution is -0.137. The van der Waals surface area contributed by atoms with Crippen molar-refractivity contribution < 1.29 is 27.9 Å². The van der Waals surface area contributed by atoms with Gasteiger partial charge >= 0.3 is 18.2 Å². The fourth-order valence-electron chi connectivity index (χ4n) is 1.35. The number of aromatic carboxylic acids is 1. The van der Waals surface area contributed by atoms with Gasteiger partial charge in [0.15, 0.2) is 0 Å². The van der Waals surface area contributed by atoms with Crippen LogP contribution in [0.5, 0.6) is 0 Å². The number of carbonyl (C=O) groups is 2. The molecule has 0 aliphatic rings. The third-order valence-electron chi connectivity index (χ3n) is 2.27. The van der Waals surface area contributed by atoms with Crippen LogP contribution in [-0.2, 0) is 6.18 Å². The summed E-state index contributed by atoms with van der Waals surface area (Å²) in [5.41, 5.74) is -2.03. The Morgan fingerprint density at radius 3 is 2.43 bits per heavy atom. The van der Waals surface area contributed by atoms with Crippen LogP contribution in [0.4, 0.5) is 23.7 Å². The highest BCUT2D eigenvalue weighted by Crippen LogP contribution is 2.32. The summed E-state index contributed by atoms with van der Waals surface area (Å²) in [7, 11) is 0. The van der Waals surface area contributed by atoms with E-state index in [2.05, 4.69) is 11.9 Å². The van der Waals surface area contributed by atoms with Crippen LogP contribution < -0.4 is 10.6 Å². The van der Waals surface area contributed by atoms with Gasteiger partial charge in [-0.1, -0.05) is 18.2 Å². The number of benzene rings is 1. The number of rotatable bonds is 4. The summed E-state index contributed by atoms with van der Waals surface area (Å²) in [4.78, 5) is 22.4. The van der Waals surface area contributed by atoms with E-state index in [0.717, 1.165) is 6.07 Å². The van der Waals surface area contributed by atoms with E-state index in [-0.39, 0.29) is 11.6 Å². The molecule has 0 saturated heterocycles. The van der Waals surface area contributed by atoms with Crippen LogP contribution in [0.15, 0.2) is 29.8 Å². The van der Waals surface area contributed by atoms with Gasteiger partial charge in [-0.2, -0.15) is 13.2 Å². The minimum Gasteiger partial charge on any atom is -0.478 e. The number of hydrogen-bond acceptors (Lipinski definition) is 2. The standard InChI is InChI=1S/C12H10ClF3N2O3/c1-6(13)5-17-11(21)18-9-4-7(12(14,15)16)2-3-8(9)10(19)20/h2-4H,1,5H2,(H,19,20)(H2,17,18,21). The first-order valence-electron chi connectivity index (χ1n) is 5.44. The Kier molecular flexibility index (Phi) is 5.20. The molecule has 3 N–H and O–H groups in total. The smallest absolute Gasteiger partial charge is 0.416 e. The van der Waals surface area contributed by atoms with Crippen LogP contribution in [-0.4, -0.2) is 23.7 Å². The van der Waals surface area contributed by atoms with E-state index < -0.39 is 35.0 Å². The van der Waals surface area contributed by atoms with Gasteiger partial charge in [-0.15, -0.1) is 0 Å². The summed E-state index contributed by atoms with van der Waals surface area (Å²) in [6.45, 7) is 3.19. The van der Waals surface area contributed by atoms with Crippen LogP contribution in [0.2, 0.25) is 0 Å². The third-order valence-corrected chi connectivity index (χ3v) is 2.40. The fraction of sp³-hybridized carbons (Fsp3) is 0.167. The molecule has 0 saturated carbocycles. The number of carboxylic acid groups (broad SMARTS) is 1. The van der Waals surface area contributed by atoms with Gasteiger partial charge in [-0.05, 0) is 18.2 Å². The number of carboxylic acids is 1. The Hall–Kier alpha value is -2.22. The number of alkyl halides is 3. The average molecular weight is 323 g/mol. The first-order chi connectivity index (χ1) is 9.61. The average Bonchev–Trinajstić information content (AvgIpc) is 2.34. The Morgan fingerprint density at radius 2 is 1.95 bits per heavy atom. The van der Waals surface area contributed by atoms with E-state index in [9.17, 15) is 22.8 Å². The summed E-state index contributed by atoms with van der Waals surface area (Å²) in [5.74, 6) is -1.47. The van der Waals surface area contributed by atoms with Crippen molar-refractivity contribution in [2.24, 2.45) is 0 Å². The molecule has 5 nitrogen and oxygen atoms in total. The number of amides is 2. The van der Waals surface area contributed by atoms with Crippen LogP contribution in [0, 0.1) is 0 Å². The van der Waals surface area contributed by atoms with Gasteiger partial charge in [0.2, 0.25) is 0 Å². The number of urea groups is 1. The molecular formula is C12H10ClF3N2O3. The maximum Gasteiger partial charge on any atom is 0.416 e. The topological polar surface area (TPSA) is 78.4 Å². The monoisotopic (exact) mass is 322 g/mol. The second-order valence-corrected chi connectivity index (χ2v) is 4.42. The highest BCUT2D eigenvalue weighted by atomic mass is 35.5. The minimum atomic E-state index is -4.66. The number of nitrogens with one attached hydrogen (secondary N) is 2. The molecule has 2 amide bonds. The summed E-state index contributed by atoms with van der Waals surface area (Å²) in [5, 5.41) is 13.2. The van der Waals surface area contributed by atoms with Crippen LogP contribution in [0.1, 0.15) is 15.9 Å². The maximum absolute atomic E-state index is 12.6. The predicted octanol–water partition coefficient (Wildman–Crippen LogP) is 3.28. The van der Waals surface area contributed by atoms with E-state index in [1.807, 2.05) is 5.32 Å². The molecule has 0 fully saturated rings. The van der Waals surface area contributed by atoms with E-state index >= 15 is 0 Å². The van der Waals surface area contributed by atoms with Gasteiger partial charge in [0, 0.05) is 5.03 Å². The number of anilines is 1. The van der Waals surface area contributed by atoms with Gasteiger partial charge < -0.3 is 15.7 Å². The summed E-state index contributed by atoms with van der Waals surface area (Å²) in [6.07, 6.45) is -4.66. The minimum absolute atomic E-state index is 0.104. The van der Waals surface area contributed by atoms with Crippen molar-refractivity contribution in [3.05, 3.63) is 40.9 Å². The Balaban J connectivity index is 3.04. The molecule has 0 aliphatic carbocycles. The SMILES string of the molecule is C=C(Cl)CNC(=O)Nc1cc(C(F)(F)F)ccc1C(=O)O. The van der Waals surface area contributed by atoms with E-state index in [4.69, 9.17) is 16.7 Å². The molecule has 1 rings (SSSR count). The Morgan fingerprint density at radius 1 is 1.33 bits per heavy atom. The van der Waals surface area contributed by atoms with Crippen molar-refractivity contribution in [1.29, 1.82) is 0 Å². The van der Waals surface area contributed by atoms with E-state index in [1.54, 1.807) is 0 Å². The van der Waals surface area contributed by atoms with Crippen LogP contribution in [0.25, 0.3) is 0 Å². The Bertz CT molecular complexity index is 588. The molecule has 0 aliphatic heterocycles. The predicted molar refractivity (Wildman–Crippen MR) is 70.4 cm³/mol. The van der Waals surface area contributed by atoms with Crippen LogP contribution >= 0.6 is 11.6 Å². The highest BCUT2D eigenvalue weighted by Gasteiger charge is 2.31. The first kappa shape index (κ1) is 16.8. The summed E-state index contributed by atoms with van der Waals surface area (Å²) < 4.78 is 37.8. The molecule has 0 radical (unpaired) electrons. The van der Waals surface area contributed by atoms with Crippen molar-refractivity contribution in [2.75, 3.05) is 11.9 Å². The highest BCUT2D eigenvalue weighted by molar-refractivity contribution is 6.29. The number of carbonyl (C=O) groups excluding carboxylic acids is 1. The van der Waals surface area contributed by atoms with Gasteiger partial charge in [0.1, 0.15) is 0 Å². The zero-order valence-electron chi connectivity index (χ0n) is 10.4. The summed E-state index contributed by atoms with van der Waals surface area (Å²) >= 11 is 5.41. The van der Waals surface area contributed by atoms with E-state index in [0.29, 0.717) is 12.1 Å². The molecule has 0 aromatic heterocycles. The molecule has 1 aromatic carbocycles. The molecule has 0 unspecified atom stereocenters. The zero-order valence-corrected chi connectivity index (χ0v) is 11.2. The van der Waals surface area contributed by atoms with Crippen LogP contribution in [0.3, 0.4) is 0 Å². The van der Waals surface area contributed by atoms with Gasteiger partial charge in [0.25, 0.3) is 0 Å². The molecule has 21 heavy (non-hydrogen) atoms. The second kappa shape index (κ2) is 6.49. The van der Waals surface area contributed by atoms with Gasteiger partial charge in [-0.3, -0.25) is 0 Å². The second-order valence-electron chi connectivity index (χ2n) is 3.89. The molecule has 0 bridgehead atoms. The van der Waals surface area contributed by atoms with Crippen molar-refractivity contribution in [3.63, 3.8) is 0 Å². The fourth-order valence-corrected chi connectivity index (χ4v) is 1.42. The first-order valence-corrected chi connectivity index (χ1v) is 5.81. The molecule has 0 spiro atoms. The van der Waals surface area contributed by atoms with Gasteiger partial charge in [0.05, 0.1) is 23.4 Å². The number of halogens is 4. The third kappa shape index (κ3) is 4.99. The molecule has 114 valence electrons. The van der Waals surface area contributed by atoms with Crippen molar-refractivity contribution >= 4 is 29.3 Å². The molecule has 1 aromatic rings. The lowest BCUT2D eigenvalue weighted by Crippen LogP contribution is -2.30. The molecule has 0 atom stereocenters. The van der Waals surface area contributed by atoms with Gasteiger partial charge in [-0.25, -0.2) is 9.59 Å². The van der Waals surface area contributed by atoms with Crippen molar-refractivity contribution in [3.8, 4) is 0 Å². The largest absolute Gasteiger partial charge is 0.478 e. The maximum atomic E-state index is 12.6. The zero-order chi connectivity index (χ0) is 16.2. The quantitative estimate of drug-likeness (QED) is 0.796. The van der Waals surface area contributed by atoms with E-state index in [1.165, 1.54) is 0 Å². The summed E-state index contributed by atoms with van der Waals surface area (Å²) in [6, 6.07) is 1.02. The molecule has 0 heterocycles.